The highest BCUT2D eigenvalue weighted by atomic mass is 35.5. The monoisotopic (exact) mass is 249 g/mol. The van der Waals surface area contributed by atoms with Gasteiger partial charge >= 0.3 is 0 Å². The Labute approximate surface area is 104 Å². The van der Waals surface area contributed by atoms with Crippen molar-refractivity contribution in [3.05, 3.63) is 41.2 Å². The quantitative estimate of drug-likeness (QED) is 0.576. The van der Waals surface area contributed by atoms with Crippen molar-refractivity contribution in [2.45, 2.75) is 6.92 Å². The molecular formula is C11H12ClN5. The van der Waals surface area contributed by atoms with E-state index in [2.05, 4.69) is 20.7 Å². The molecule has 5 nitrogen and oxygen atoms in total. The third kappa shape index (κ3) is 2.83. The predicted molar refractivity (Wildman–Crippen MR) is 69.3 cm³/mol. The van der Waals surface area contributed by atoms with Gasteiger partial charge in [-0.3, -0.25) is 4.98 Å². The number of nitrogens with two attached hydrogens (primary N) is 1. The Bertz CT molecular complexity index is 529. The number of aromatic nitrogens is 2. The third-order valence-corrected chi connectivity index (χ3v) is 2.48. The first-order valence-corrected chi connectivity index (χ1v) is 5.38. The van der Waals surface area contributed by atoms with E-state index in [9.17, 15) is 0 Å². The number of halogens is 1. The number of hydrazine groups is 1. The van der Waals surface area contributed by atoms with Gasteiger partial charge < -0.3 is 10.7 Å². The van der Waals surface area contributed by atoms with Crippen molar-refractivity contribution in [1.29, 1.82) is 0 Å². The van der Waals surface area contributed by atoms with Gasteiger partial charge in [0.15, 0.2) is 11.6 Å². The van der Waals surface area contributed by atoms with Crippen LogP contribution in [-0.2, 0) is 0 Å². The topological polar surface area (TPSA) is 75.9 Å². The van der Waals surface area contributed by atoms with Crippen LogP contribution >= 0.6 is 11.6 Å². The van der Waals surface area contributed by atoms with Gasteiger partial charge in [0.2, 0.25) is 0 Å². The van der Waals surface area contributed by atoms with Gasteiger partial charge in [-0.1, -0.05) is 17.7 Å². The molecule has 2 rings (SSSR count). The fourth-order valence-electron chi connectivity index (χ4n) is 1.36. The second-order valence-electron chi connectivity index (χ2n) is 3.54. The average molecular weight is 250 g/mol. The summed E-state index contributed by atoms with van der Waals surface area (Å²) in [6, 6.07) is 5.73. The molecule has 17 heavy (non-hydrogen) atoms. The second-order valence-corrected chi connectivity index (χ2v) is 3.95. The molecule has 0 saturated heterocycles. The lowest BCUT2D eigenvalue weighted by molar-refractivity contribution is 1.16. The normalized spacial score (nSPS) is 10.1. The first-order valence-electron chi connectivity index (χ1n) is 5.01. The predicted octanol–water partition coefficient (Wildman–Crippen LogP) is 2.47. The van der Waals surface area contributed by atoms with Gasteiger partial charge in [-0.25, -0.2) is 10.8 Å². The molecule has 0 bridgehead atoms. The Morgan fingerprint density at radius 1 is 1.24 bits per heavy atom. The Balaban J connectivity index is 2.25. The summed E-state index contributed by atoms with van der Waals surface area (Å²) in [5, 5.41) is 3.71. The van der Waals surface area contributed by atoms with Crippen LogP contribution in [0, 0.1) is 6.92 Å². The molecule has 0 radical (unpaired) electrons. The lowest BCUT2D eigenvalue weighted by Crippen LogP contribution is -2.09. The summed E-state index contributed by atoms with van der Waals surface area (Å²) in [6.45, 7) is 1.98. The fraction of sp³-hybridized carbons (Fsp3) is 0.0909. The largest absolute Gasteiger partial charge is 0.338 e. The number of anilines is 3. The number of nitrogens with one attached hydrogen (secondary N) is 2. The SMILES string of the molecule is Cc1ccc(Nc2cncc(NN)n2)c(Cl)c1. The third-order valence-electron chi connectivity index (χ3n) is 2.17. The number of aryl methyl sites for hydroxylation is 1. The van der Waals surface area contributed by atoms with Crippen molar-refractivity contribution in [2.24, 2.45) is 5.84 Å². The zero-order valence-electron chi connectivity index (χ0n) is 9.24. The number of benzene rings is 1. The minimum absolute atomic E-state index is 0.484. The van der Waals surface area contributed by atoms with E-state index in [1.165, 1.54) is 6.20 Å². The number of nitrogens with zero attached hydrogens (tertiary/aromatic N) is 2. The molecule has 4 N–H and O–H groups in total. The van der Waals surface area contributed by atoms with Crippen LogP contribution in [0.5, 0.6) is 0 Å². The lowest BCUT2D eigenvalue weighted by atomic mass is 10.2. The van der Waals surface area contributed by atoms with Gasteiger partial charge in [0.05, 0.1) is 23.1 Å². The van der Waals surface area contributed by atoms with E-state index in [0.717, 1.165) is 11.3 Å². The Hall–Kier alpha value is -1.85. The molecule has 2 aromatic rings. The van der Waals surface area contributed by atoms with Gasteiger partial charge in [0.1, 0.15) is 0 Å². The van der Waals surface area contributed by atoms with Gasteiger partial charge in [-0.05, 0) is 24.6 Å². The first kappa shape index (κ1) is 11.6. The van der Waals surface area contributed by atoms with Gasteiger partial charge in [-0.15, -0.1) is 0 Å². The molecule has 0 amide bonds. The Morgan fingerprint density at radius 2 is 2.00 bits per heavy atom. The molecular weight excluding hydrogens is 238 g/mol. The van der Waals surface area contributed by atoms with Crippen molar-refractivity contribution in [3.63, 3.8) is 0 Å². The molecule has 88 valence electrons. The van der Waals surface area contributed by atoms with Crippen LogP contribution in [0.3, 0.4) is 0 Å². The van der Waals surface area contributed by atoms with Crippen molar-refractivity contribution >= 4 is 28.9 Å². The molecule has 0 unspecified atom stereocenters. The second kappa shape index (κ2) is 4.99. The molecule has 0 atom stereocenters. The van der Waals surface area contributed by atoms with Crippen LogP contribution in [0.2, 0.25) is 5.02 Å². The van der Waals surface area contributed by atoms with Gasteiger partial charge in [-0.2, -0.15) is 0 Å². The Morgan fingerprint density at radius 3 is 2.71 bits per heavy atom. The van der Waals surface area contributed by atoms with Crippen LogP contribution in [0.1, 0.15) is 5.56 Å². The average Bonchev–Trinajstić information content (AvgIpc) is 2.33. The molecule has 1 aromatic heterocycles. The van der Waals surface area contributed by atoms with Crippen molar-refractivity contribution in [1.82, 2.24) is 9.97 Å². The first-order chi connectivity index (χ1) is 8.19. The molecule has 6 heteroatoms. The maximum absolute atomic E-state index is 6.10. The molecule has 0 saturated carbocycles. The van der Waals surface area contributed by atoms with E-state index in [4.69, 9.17) is 17.4 Å². The molecule has 0 fully saturated rings. The molecule has 0 aliphatic rings. The van der Waals surface area contributed by atoms with Crippen LogP contribution < -0.4 is 16.6 Å². The summed E-state index contributed by atoms with van der Waals surface area (Å²) in [7, 11) is 0. The highest BCUT2D eigenvalue weighted by molar-refractivity contribution is 6.33. The summed E-state index contributed by atoms with van der Waals surface area (Å²) in [5.41, 5.74) is 4.31. The summed E-state index contributed by atoms with van der Waals surface area (Å²) in [6.07, 6.45) is 3.12. The van der Waals surface area contributed by atoms with E-state index >= 15 is 0 Å². The smallest absolute Gasteiger partial charge is 0.160 e. The van der Waals surface area contributed by atoms with E-state index in [-0.39, 0.29) is 0 Å². The zero-order valence-corrected chi connectivity index (χ0v) is 9.99. The fourth-order valence-corrected chi connectivity index (χ4v) is 1.64. The molecule has 0 aliphatic carbocycles. The van der Waals surface area contributed by atoms with Gasteiger partial charge in [0, 0.05) is 0 Å². The zero-order chi connectivity index (χ0) is 12.3. The number of rotatable bonds is 3. The van der Waals surface area contributed by atoms with Gasteiger partial charge in [0.25, 0.3) is 0 Å². The van der Waals surface area contributed by atoms with E-state index in [1.54, 1.807) is 6.20 Å². The number of nitrogen functional groups attached to an aromatic ring is 1. The molecule has 1 heterocycles. The van der Waals surface area contributed by atoms with E-state index < -0.39 is 0 Å². The summed E-state index contributed by atoms with van der Waals surface area (Å²) < 4.78 is 0. The molecule has 1 aromatic carbocycles. The van der Waals surface area contributed by atoms with Crippen LogP contribution in [0.4, 0.5) is 17.3 Å². The minimum Gasteiger partial charge on any atom is -0.338 e. The summed E-state index contributed by atoms with van der Waals surface area (Å²) >= 11 is 6.10. The van der Waals surface area contributed by atoms with E-state index in [0.29, 0.717) is 16.7 Å². The molecule has 0 spiro atoms. The standard InChI is InChI=1S/C11H12ClN5/c1-7-2-3-9(8(12)4-7)15-10-5-14-6-11(16-10)17-13/h2-6H,13H2,1H3,(H2,15,16,17). The van der Waals surface area contributed by atoms with Crippen LogP contribution in [-0.4, -0.2) is 9.97 Å². The number of hydrogen-bond donors (Lipinski definition) is 3. The van der Waals surface area contributed by atoms with E-state index in [1.807, 2.05) is 25.1 Å². The number of hydrogen-bond acceptors (Lipinski definition) is 5. The van der Waals surface area contributed by atoms with Crippen molar-refractivity contribution < 1.29 is 0 Å². The summed E-state index contributed by atoms with van der Waals surface area (Å²) in [5.74, 6) is 6.32. The highest BCUT2D eigenvalue weighted by Crippen LogP contribution is 2.25. The summed E-state index contributed by atoms with van der Waals surface area (Å²) in [4.78, 5) is 8.17. The maximum atomic E-state index is 6.10. The maximum Gasteiger partial charge on any atom is 0.160 e. The van der Waals surface area contributed by atoms with Crippen LogP contribution in [0.15, 0.2) is 30.6 Å². The lowest BCUT2D eigenvalue weighted by Gasteiger charge is -2.08. The minimum atomic E-state index is 0.484. The highest BCUT2D eigenvalue weighted by Gasteiger charge is 2.02. The van der Waals surface area contributed by atoms with Crippen molar-refractivity contribution in [2.75, 3.05) is 10.7 Å². The van der Waals surface area contributed by atoms with Crippen LogP contribution in [0.25, 0.3) is 0 Å². The van der Waals surface area contributed by atoms with Crippen molar-refractivity contribution in [3.8, 4) is 0 Å². The Kier molecular flexibility index (Phi) is 3.41. The molecule has 0 aliphatic heterocycles.